The van der Waals surface area contributed by atoms with E-state index in [9.17, 15) is 4.79 Å². The van der Waals surface area contributed by atoms with Crippen molar-refractivity contribution in [3.8, 4) is 0 Å². The number of hydrogen-bond donors (Lipinski definition) is 0. The number of hydrogen-bond acceptors (Lipinski definition) is 2. The van der Waals surface area contributed by atoms with Crippen molar-refractivity contribution in [2.75, 3.05) is 13.6 Å². The molecule has 1 spiro atoms. The van der Waals surface area contributed by atoms with Gasteiger partial charge in [-0.2, -0.15) is 0 Å². The SMILES string of the molecule is CN1C[C@H]2C[C@@]23C1=CC(=O)c1ccccc13. The zero-order chi connectivity index (χ0) is 10.9. The van der Waals surface area contributed by atoms with E-state index in [1.807, 2.05) is 18.2 Å². The Morgan fingerprint density at radius 3 is 3.06 bits per heavy atom. The summed E-state index contributed by atoms with van der Waals surface area (Å²) in [6.45, 7) is 1.10. The Bertz CT molecular complexity index is 545. The number of nitrogens with zero attached hydrogens (tertiary/aromatic N) is 1. The van der Waals surface area contributed by atoms with Gasteiger partial charge in [0.2, 0.25) is 0 Å². The maximum atomic E-state index is 12.0. The minimum atomic E-state index is 0.177. The highest BCUT2D eigenvalue weighted by Crippen LogP contribution is 2.66. The van der Waals surface area contributed by atoms with Crippen LogP contribution in [0.1, 0.15) is 22.3 Å². The minimum absolute atomic E-state index is 0.177. The molecule has 0 radical (unpaired) electrons. The molecule has 1 saturated carbocycles. The number of benzene rings is 1. The predicted octanol–water partition coefficient (Wildman–Crippen LogP) is 1.97. The lowest BCUT2D eigenvalue weighted by Gasteiger charge is -2.27. The molecule has 0 amide bonds. The Kier molecular flexibility index (Phi) is 1.28. The average molecular weight is 211 g/mol. The minimum Gasteiger partial charge on any atom is -0.377 e. The molecular formula is C14H13NO. The molecule has 4 rings (SSSR count). The van der Waals surface area contributed by atoms with Crippen LogP contribution in [0.25, 0.3) is 0 Å². The molecule has 80 valence electrons. The topological polar surface area (TPSA) is 20.3 Å². The van der Waals surface area contributed by atoms with Crippen molar-refractivity contribution in [3.63, 3.8) is 0 Å². The molecule has 1 aliphatic heterocycles. The van der Waals surface area contributed by atoms with E-state index in [0.717, 1.165) is 18.0 Å². The van der Waals surface area contributed by atoms with Gasteiger partial charge in [-0.3, -0.25) is 4.79 Å². The third-order valence-electron chi connectivity index (χ3n) is 4.41. The summed E-state index contributed by atoms with van der Waals surface area (Å²) >= 11 is 0. The van der Waals surface area contributed by atoms with Gasteiger partial charge >= 0.3 is 0 Å². The van der Waals surface area contributed by atoms with Crippen molar-refractivity contribution in [2.24, 2.45) is 5.92 Å². The van der Waals surface area contributed by atoms with E-state index < -0.39 is 0 Å². The van der Waals surface area contributed by atoms with Gasteiger partial charge in [-0.05, 0) is 17.9 Å². The van der Waals surface area contributed by atoms with Crippen LogP contribution in [0, 0.1) is 5.92 Å². The van der Waals surface area contributed by atoms with Gasteiger partial charge in [-0.1, -0.05) is 24.3 Å². The molecule has 2 nitrogen and oxygen atoms in total. The van der Waals surface area contributed by atoms with Crippen LogP contribution in [0.5, 0.6) is 0 Å². The highest BCUT2D eigenvalue weighted by Gasteiger charge is 2.65. The lowest BCUT2D eigenvalue weighted by atomic mass is 9.81. The van der Waals surface area contributed by atoms with E-state index in [4.69, 9.17) is 0 Å². The van der Waals surface area contributed by atoms with Gasteiger partial charge in [0.25, 0.3) is 0 Å². The third-order valence-corrected chi connectivity index (χ3v) is 4.41. The Morgan fingerprint density at radius 2 is 2.19 bits per heavy atom. The number of piperidine rings is 1. The summed E-state index contributed by atoms with van der Waals surface area (Å²) in [7, 11) is 2.10. The number of carbonyl (C=O) groups is 1. The first-order valence-corrected chi connectivity index (χ1v) is 5.80. The molecule has 1 heterocycles. The average Bonchev–Trinajstić information content (AvgIpc) is 2.92. The molecule has 0 aromatic heterocycles. The number of fused-ring (bicyclic) bond motifs is 1. The summed E-state index contributed by atoms with van der Waals surface area (Å²) in [6, 6.07) is 8.12. The first-order valence-electron chi connectivity index (χ1n) is 5.80. The van der Waals surface area contributed by atoms with E-state index in [1.54, 1.807) is 0 Å². The summed E-state index contributed by atoms with van der Waals surface area (Å²) in [5, 5.41) is 0. The zero-order valence-electron chi connectivity index (χ0n) is 9.23. The molecule has 1 saturated heterocycles. The first-order chi connectivity index (χ1) is 7.73. The molecular weight excluding hydrogens is 198 g/mol. The van der Waals surface area contributed by atoms with E-state index in [2.05, 4.69) is 24.1 Å². The van der Waals surface area contributed by atoms with Crippen molar-refractivity contribution < 1.29 is 4.79 Å². The number of rotatable bonds is 0. The summed E-state index contributed by atoms with van der Waals surface area (Å²) < 4.78 is 0. The number of allylic oxidation sites excluding steroid dienone is 2. The van der Waals surface area contributed by atoms with Gasteiger partial charge in [0.05, 0.1) is 0 Å². The Balaban J connectivity index is 2.02. The van der Waals surface area contributed by atoms with Gasteiger partial charge < -0.3 is 4.90 Å². The smallest absolute Gasteiger partial charge is 0.187 e. The van der Waals surface area contributed by atoms with Crippen LogP contribution >= 0.6 is 0 Å². The second-order valence-electron chi connectivity index (χ2n) is 5.19. The standard InChI is InChI=1S/C14H13NO/c1-15-8-9-7-14(9)11-5-3-2-4-10(11)12(16)6-13(14)15/h2-6,9H,7-8H2,1H3/t9-,14-/m1/s1. The van der Waals surface area contributed by atoms with Crippen molar-refractivity contribution >= 4 is 5.78 Å². The van der Waals surface area contributed by atoms with Crippen LogP contribution in [-0.4, -0.2) is 24.3 Å². The summed E-state index contributed by atoms with van der Waals surface area (Å²) in [6.07, 6.45) is 3.09. The lowest BCUT2D eigenvalue weighted by Crippen LogP contribution is -2.26. The van der Waals surface area contributed by atoms with E-state index >= 15 is 0 Å². The number of carbonyl (C=O) groups excluding carboxylic acids is 1. The molecule has 1 aromatic rings. The van der Waals surface area contributed by atoms with Crippen molar-refractivity contribution in [3.05, 3.63) is 47.2 Å². The molecule has 2 fully saturated rings. The molecule has 0 bridgehead atoms. The number of likely N-dealkylation sites (N-methyl/N-ethyl adjacent to an activating group) is 1. The summed E-state index contributed by atoms with van der Waals surface area (Å²) in [5.41, 5.74) is 3.65. The van der Waals surface area contributed by atoms with E-state index in [-0.39, 0.29) is 11.2 Å². The maximum Gasteiger partial charge on any atom is 0.187 e. The number of ketones is 1. The van der Waals surface area contributed by atoms with Crippen molar-refractivity contribution in [2.45, 2.75) is 11.8 Å². The molecule has 2 atom stereocenters. The normalized spacial score (nSPS) is 34.1. The fourth-order valence-electron chi connectivity index (χ4n) is 3.63. The highest BCUT2D eigenvalue weighted by molar-refractivity contribution is 6.08. The van der Waals surface area contributed by atoms with Crippen LogP contribution in [0.2, 0.25) is 0 Å². The van der Waals surface area contributed by atoms with E-state index in [1.165, 1.54) is 17.7 Å². The van der Waals surface area contributed by atoms with Crippen molar-refractivity contribution in [1.29, 1.82) is 0 Å². The quantitative estimate of drug-likeness (QED) is 0.654. The summed E-state index contributed by atoms with van der Waals surface area (Å²) in [5.74, 6) is 0.911. The van der Waals surface area contributed by atoms with Gasteiger partial charge in [-0.25, -0.2) is 0 Å². The van der Waals surface area contributed by atoms with Crippen LogP contribution in [0.4, 0.5) is 0 Å². The Hall–Kier alpha value is -1.57. The molecule has 2 heteroatoms. The lowest BCUT2D eigenvalue weighted by molar-refractivity contribution is 0.103. The van der Waals surface area contributed by atoms with Gasteiger partial charge in [0, 0.05) is 36.3 Å². The molecule has 0 unspecified atom stereocenters. The number of likely N-dealkylation sites (tertiary alicyclic amines) is 1. The summed E-state index contributed by atoms with van der Waals surface area (Å²) in [4.78, 5) is 14.3. The molecule has 3 aliphatic rings. The van der Waals surface area contributed by atoms with E-state index in [0.29, 0.717) is 0 Å². The third kappa shape index (κ3) is 0.753. The molecule has 2 aliphatic carbocycles. The van der Waals surface area contributed by atoms with Gasteiger partial charge in [0.15, 0.2) is 5.78 Å². The first kappa shape index (κ1) is 8.57. The predicted molar refractivity (Wildman–Crippen MR) is 61.3 cm³/mol. The second-order valence-corrected chi connectivity index (χ2v) is 5.19. The fourth-order valence-corrected chi connectivity index (χ4v) is 3.63. The largest absolute Gasteiger partial charge is 0.377 e. The van der Waals surface area contributed by atoms with Crippen LogP contribution in [0.15, 0.2) is 36.0 Å². The molecule has 1 aromatic carbocycles. The van der Waals surface area contributed by atoms with Crippen LogP contribution < -0.4 is 0 Å². The second kappa shape index (κ2) is 2.40. The van der Waals surface area contributed by atoms with Crippen LogP contribution in [-0.2, 0) is 5.41 Å². The zero-order valence-corrected chi connectivity index (χ0v) is 9.23. The highest BCUT2D eigenvalue weighted by atomic mass is 16.1. The van der Waals surface area contributed by atoms with Crippen molar-refractivity contribution in [1.82, 2.24) is 4.90 Å². The Morgan fingerprint density at radius 1 is 1.38 bits per heavy atom. The van der Waals surface area contributed by atoms with Crippen LogP contribution in [0.3, 0.4) is 0 Å². The maximum absolute atomic E-state index is 12.0. The Labute approximate surface area is 94.6 Å². The molecule has 0 N–H and O–H groups in total. The fraction of sp³-hybridized carbons (Fsp3) is 0.357. The van der Waals surface area contributed by atoms with Gasteiger partial charge in [-0.15, -0.1) is 0 Å². The van der Waals surface area contributed by atoms with Gasteiger partial charge in [0.1, 0.15) is 0 Å². The monoisotopic (exact) mass is 211 g/mol. The molecule has 16 heavy (non-hydrogen) atoms.